The van der Waals surface area contributed by atoms with Gasteiger partial charge in [-0.2, -0.15) is 0 Å². The van der Waals surface area contributed by atoms with Gasteiger partial charge in [-0.3, -0.25) is 4.79 Å². The number of hydrogen-bond acceptors (Lipinski definition) is 7. The maximum Gasteiger partial charge on any atom is 0.338 e. The number of carbonyl (C=O) groups excluding carboxylic acids is 2. The van der Waals surface area contributed by atoms with Crippen molar-refractivity contribution in [2.24, 2.45) is 7.05 Å². The van der Waals surface area contributed by atoms with Crippen LogP contribution in [0.25, 0.3) is 0 Å². The van der Waals surface area contributed by atoms with E-state index in [1.165, 1.54) is 23.4 Å². The monoisotopic (exact) mass is 516 g/mol. The Labute approximate surface area is 214 Å². The lowest BCUT2D eigenvalue weighted by Gasteiger charge is -2.14. The summed E-state index contributed by atoms with van der Waals surface area (Å²) in [4.78, 5) is 24.7. The molecule has 35 heavy (non-hydrogen) atoms. The first kappa shape index (κ1) is 26.6. The molecule has 0 saturated heterocycles. The largest absolute Gasteiger partial charge is 0.483 e. The number of carbonyl (C=O) groups is 2. The van der Waals surface area contributed by atoms with E-state index in [2.05, 4.69) is 22.4 Å². The van der Waals surface area contributed by atoms with E-state index in [1.807, 2.05) is 38.2 Å². The quantitative estimate of drug-likeness (QED) is 0.282. The molecule has 3 rings (SSSR count). The second-order valence-corrected chi connectivity index (χ2v) is 9.49. The third-order valence-electron chi connectivity index (χ3n) is 5.03. The Morgan fingerprint density at radius 3 is 2.49 bits per heavy atom. The second kappa shape index (κ2) is 12.1. The number of hydrogen-bond donors (Lipinski definition) is 1. The molecule has 2 aromatic carbocycles. The van der Waals surface area contributed by atoms with Crippen LogP contribution in [0.2, 0.25) is 5.02 Å². The first-order chi connectivity index (χ1) is 16.7. The van der Waals surface area contributed by atoms with E-state index in [1.54, 1.807) is 30.5 Å². The smallest absolute Gasteiger partial charge is 0.338 e. The number of anilines is 1. The minimum Gasteiger partial charge on any atom is -0.483 e. The molecule has 0 aliphatic carbocycles. The molecule has 1 aromatic heterocycles. The summed E-state index contributed by atoms with van der Waals surface area (Å²) < 4.78 is 13.0. The maximum atomic E-state index is 12.6. The van der Waals surface area contributed by atoms with Crippen molar-refractivity contribution in [2.45, 2.75) is 51.5 Å². The fraction of sp³-hybridized carbons (Fsp3) is 0.360. The van der Waals surface area contributed by atoms with Crippen LogP contribution in [0.4, 0.5) is 5.69 Å². The number of halogens is 1. The van der Waals surface area contributed by atoms with E-state index in [-0.39, 0.29) is 23.9 Å². The highest BCUT2D eigenvalue weighted by atomic mass is 35.5. The van der Waals surface area contributed by atoms with Crippen molar-refractivity contribution in [3.8, 4) is 5.75 Å². The summed E-state index contributed by atoms with van der Waals surface area (Å²) in [6.45, 7) is 7.54. The maximum absolute atomic E-state index is 12.6. The van der Waals surface area contributed by atoms with Crippen molar-refractivity contribution in [3.05, 3.63) is 64.4 Å². The Balaban J connectivity index is 1.59. The van der Waals surface area contributed by atoms with Crippen LogP contribution in [-0.4, -0.2) is 38.5 Å². The first-order valence-electron chi connectivity index (χ1n) is 11.3. The fourth-order valence-electron chi connectivity index (χ4n) is 3.21. The van der Waals surface area contributed by atoms with Gasteiger partial charge in [-0.25, -0.2) is 4.79 Å². The molecule has 8 nitrogen and oxygen atoms in total. The normalized spacial score (nSPS) is 11.9. The third-order valence-corrected chi connectivity index (χ3v) is 6.38. The molecule has 0 fully saturated rings. The van der Waals surface area contributed by atoms with E-state index in [0.29, 0.717) is 27.3 Å². The van der Waals surface area contributed by atoms with Gasteiger partial charge in [0.25, 0.3) is 0 Å². The SMILES string of the molecule is CCc1ccc(OC(C)c2nnc(SCC(=O)Nc3cc(C(=O)OC(C)C)ccc3Cl)n2C)cc1. The lowest BCUT2D eigenvalue weighted by molar-refractivity contribution is -0.113. The van der Waals surface area contributed by atoms with Crippen molar-refractivity contribution in [3.63, 3.8) is 0 Å². The van der Waals surface area contributed by atoms with Gasteiger partial charge in [0.15, 0.2) is 17.1 Å². The van der Waals surface area contributed by atoms with Crippen LogP contribution in [0, 0.1) is 0 Å². The Morgan fingerprint density at radius 1 is 1.11 bits per heavy atom. The molecule has 1 N–H and O–H groups in total. The van der Waals surface area contributed by atoms with Gasteiger partial charge in [0.05, 0.1) is 28.1 Å². The highest BCUT2D eigenvalue weighted by molar-refractivity contribution is 7.99. The van der Waals surface area contributed by atoms with E-state index in [0.717, 1.165) is 12.2 Å². The van der Waals surface area contributed by atoms with Crippen molar-refractivity contribution >= 4 is 40.9 Å². The molecule has 10 heteroatoms. The molecule has 0 aliphatic heterocycles. The Hall–Kier alpha value is -3.04. The summed E-state index contributed by atoms with van der Waals surface area (Å²) in [5.41, 5.74) is 1.89. The molecule has 186 valence electrons. The van der Waals surface area contributed by atoms with Crippen molar-refractivity contribution in [2.75, 3.05) is 11.1 Å². The minimum atomic E-state index is -0.481. The molecule has 1 heterocycles. The Kier molecular flexibility index (Phi) is 9.17. The zero-order valence-electron chi connectivity index (χ0n) is 20.4. The van der Waals surface area contributed by atoms with Crippen molar-refractivity contribution in [1.82, 2.24) is 14.8 Å². The molecule has 0 aliphatic rings. The summed E-state index contributed by atoms with van der Waals surface area (Å²) in [6, 6.07) is 12.6. The molecule has 0 saturated carbocycles. The zero-order valence-corrected chi connectivity index (χ0v) is 21.9. The van der Waals surface area contributed by atoms with Crippen LogP contribution in [0.5, 0.6) is 5.75 Å². The van der Waals surface area contributed by atoms with E-state index < -0.39 is 5.97 Å². The Bertz CT molecular complexity index is 1180. The van der Waals surface area contributed by atoms with Crippen LogP contribution in [-0.2, 0) is 23.0 Å². The molecule has 1 unspecified atom stereocenters. The van der Waals surface area contributed by atoms with E-state index in [9.17, 15) is 9.59 Å². The number of benzene rings is 2. The Morgan fingerprint density at radius 2 is 1.83 bits per heavy atom. The summed E-state index contributed by atoms with van der Waals surface area (Å²) in [6.07, 6.45) is 0.393. The molecule has 3 aromatic rings. The zero-order chi connectivity index (χ0) is 25.5. The van der Waals surface area contributed by atoms with E-state index >= 15 is 0 Å². The second-order valence-electron chi connectivity index (χ2n) is 8.14. The molecular weight excluding hydrogens is 488 g/mol. The number of amides is 1. The fourth-order valence-corrected chi connectivity index (χ4v) is 4.10. The lowest BCUT2D eigenvalue weighted by Crippen LogP contribution is -2.16. The predicted molar refractivity (Wildman–Crippen MR) is 137 cm³/mol. The molecule has 0 radical (unpaired) electrons. The highest BCUT2D eigenvalue weighted by Gasteiger charge is 2.19. The van der Waals surface area contributed by atoms with Crippen LogP contribution in [0.1, 0.15) is 55.5 Å². The third kappa shape index (κ3) is 7.22. The molecular formula is C25H29ClN4O4S. The average Bonchev–Trinajstić information content (AvgIpc) is 3.19. The van der Waals surface area contributed by atoms with Crippen LogP contribution in [0.3, 0.4) is 0 Å². The summed E-state index contributed by atoms with van der Waals surface area (Å²) in [5, 5.41) is 12.1. The number of rotatable bonds is 10. The van der Waals surface area contributed by atoms with Crippen LogP contribution < -0.4 is 10.1 Å². The minimum absolute atomic E-state index is 0.0800. The summed E-state index contributed by atoms with van der Waals surface area (Å²) in [7, 11) is 1.83. The van der Waals surface area contributed by atoms with Gasteiger partial charge in [-0.1, -0.05) is 42.4 Å². The van der Waals surface area contributed by atoms with Gasteiger partial charge in [-0.15, -0.1) is 10.2 Å². The lowest BCUT2D eigenvalue weighted by atomic mass is 10.2. The van der Waals surface area contributed by atoms with Gasteiger partial charge in [0, 0.05) is 7.05 Å². The van der Waals surface area contributed by atoms with Crippen molar-refractivity contribution < 1.29 is 19.1 Å². The van der Waals surface area contributed by atoms with Crippen LogP contribution in [0.15, 0.2) is 47.6 Å². The number of nitrogens with one attached hydrogen (secondary N) is 1. The van der Waals surface area contributed by atoms with Gasteiger partial charge in [0.2, 0.25) is 5.91 Å². The molecule has 1 atom stereocenters. The average molecular weight is 517 g/mol. The molecule has 0 spiro atoms. The highest BCUT2D eigenvalue weighted by Crippen LogP contribution is 2.26. The summed E-state index contributed by atoms with van der Waals surface area (Å²) >= 11 is 7.44. The standard InChI is InChI=1S/C25H29ClN4O4S/c1-6-17-7-10-19(11-8-17)34-16(4)23-28-29-25(30(23)5)35-14-22(31)27-21-13-18(9-12-20(21)26)24(32)33-15(2)3/h7-13,15-16H,6,14H2,1-5H3,(H,27,31). The van der Waals surface area contributed by atoms with Crippen LogP contribution >= 0.6 is 23.4 Å². The van der Waals surface area contributed by atoms with E-state index in [4.69, 9.17) is 21.1 Å². The van der Waals surface area contributed by atoms with Gasteiger partial charge >= 0.3 is 5.97 Å². The van der Waals surface area contributed by atoms with Gasteiger partial charge in [-0.05, 0) is 63.1 Å². The topological polar surface area (TPSA) is 95.3 Å². The van der Waals surface area contributed by atoms with Crippen molar-refractivity contribution in [1.29, 1.82) is 0 Å². The van der Waals surface area contributed by atoms with Gasteiger partial charge < -0.3 is 19.4 Å². The first-order valence-corrected chi connectivity index (χ1v) is 12.6. The predicted octanol–water partition coefficient (Wildman–Crippen LogP) is 5.47. The molecule has 0 bridgehead atoms. The summed E-state index contributed by atoms with van der Waals surface area (Å²) in [5.74, 6) is 0.702. The number of ether oxygens (including phenoxy) is 2. The number of aryl methyl sites for hydroxylation is 1. The number of nitrogens with zero attached hydrogens (tertiary/aromatic N) is 3. The number of thioether (sulfide) groups is 1. The number of aromatic nitrogens is 3. The number of esters is 1. The molecule has 1 amide bonds. The van der Waals surface area contributed by atoms with Gasteiger partial charge in [0.1, 0.15) is 5.75 Å².